The standard InChI is InChI=1S/C42H28N2/c1-3-12-29(13-4-1)30-22-24-32(25-23-30)43-38-19-9-7-16-35(38)37-28-33(26-27-40(37)43)44-39-20-10-8-17-36(39)42-34(18-11-21-41(42)44)31-14-5-2-6-15-31/h1-28H. The number of para-hydroxylation sites is 2. The monoisotopic (exact) mass is 560 g/mol. The molecule has 0 saturated heterocycles. The normalized spacial score (nSPS) is 11.6. The van der Waals surface area contributed by atoms with Crippen LogP contribution in [-0.2, 0) is 0 Å². The van der Waals surface area contributed by atoms with Gasteiger partial charge in [-0.25, -0.2) is 0 Å². The first-order chi connectivity index (χ1) is 21.8. The molecular formula is C42H28N2. The Kier molecular flexibility index (Phi) is 5.54. The van der Waals surface area contributed by atoms with Gasteiger partial charge in [0.25, 0.3) is 0 Å². The third-order valence-electron chi connectivity index (χ3n) is 8.93. The van der Waals surface area contributed by atoms with Crippen molar-refractivity contribution >= 4 is 43.6 Å². The van der Waals surface area contributed by atoms with Crippen LogP contribution in [0.5, 0.6) is 0 Å². The fourth-order valence-corrected chi connectivity index (χ4v) is 6.97. The number of hydrogen-bond acceptors (Lipinski definition) is 0. The average Bonchev–Trinajstić information content (AvgIpc) is 3.62. The van der Waals surface area contributed by atoms with Gasteiger partial charge in [-0.2, -0.15) is 0 Å². The van der Waals surface area contributed by atoms with Gasteiger partial charge in [-0.05, 0) is 70.8 Å². The Morgan fingerprint density at radius 1 is 0.295 bits per heavy atom. The van der Waals surface area contributed by atoms with Crippen LogP contribution in [0.1, 0.15) is 0 Å². The van der Waals surface area contributed by atoms with Crippen LogP contribution >= 0.6 is 0 Å². The molecule has 0 fully saturated rings. The summed E-state index contributed by atoms with van der Waals surface area (Å²) in [5, 5.41) is 5.05. The lowest BCUT2D eigenvalue weighted by Crippen LogP contribution is -1.96. The van der Waals surface area contributed by atoms with E-state index in [2.05, 4.69) is 179 Å². The molecule has 0 aliphatic carbocycles. The molecule has 9 rings (SSSR count). The maximum atomic E-state index is 2.43. The van der Waals surface area contributed by atoms with E-state index in [1.807, 2.05) is 0 Å². The molecule has 0 amide bonds. The smallest absolute Gasteiger partial charge is 0.0547 e. The number of fused-ring (bicyclic) bond motifs is 6. The molecule has 0 saturated carbocycles. The van der Waals surface area contributed by atoms with Crippen molar-refractivity contribution in [3.63, 3.8) is 0 Å². The van der Waals surface area contributed by atoms with Gasteiger partial charge in [0.1, 0.15) is 0 Å². The molecule has 2 aromatic heterocycles. The van der Waals surface area contributed by atoms with Crippen LogP contribution in [0.25, 0.3) is 77.2 Å². The van der Waals surface area contributed by atoms with Crippen LogP contribution in [0.4, 0.5) is 0 Å². The fourth-order valence-electron chi connectivity index (χ4n) is 6.97. The molecule has 0 radical (unpaired) electrons. The molecule has 2 nitrogen and oxygen atoms in total. The van der Waals surface area contributed by atoms with E-state index < -0.39 is 0 Å². The fraction of sp³-hybridized carbons (Fsp3) is 0. The second-order valence-corrected chi connectivity index (χ2v) is 11.4. The van der Waals surface area contributed by atoms with E-state index in [1.165, 1.54) is 65.9 Å². The Morgan fingerprint density at radius 2 is 0.818 bits per heavy atom. The van der Waals surface area contributed by atoms with Crippen LogP contribution in [0.15, 0.2) is 170 Å². The Labute approximate surface area is 255 Å². The molecule has 2 heteroatoms. The molecule has 0 N–H and O–H groups in total. The van der Waals surface area contributed by atoms with Gasteiger partial charge in [-0.1, -0.05) is 121 Å². The van der Waals surface area contributed by atoms with E-state index in [4.69, 9.17) is 0 Å². The molecule has 0 spiro atoms. The summed E-state index contributed by atoms with van der Waals surface area (Å²) in [5.41, 5.74) is 12.1. The minimum absolute atomic E-state index is 1.16. The molecular weight excluding hydrogens is 532 g/mol. The number of hydrogen-bond donors (Lipinski definition) is 0. The van der Waals surface area contributed by atoms with Gasteiger partial charge in [0, 0.05) is 32.9 Å². The Balaban J connectivity index is 1.27. The van der Waals surface area contributed by atoms with Crippen molar-refractivity contribution in [2.75, 3.05) is 0 Å². The van der Waals surface area contributed by atoms with Crippen LogP contribution in [0.2, 0.25) is 0 Å². The van der Waals surface area contributed by atoms with Crippen LogP contribution < -0.4 is 0 Å². The summed E-state index contributed by atoms with van der Waals surface area (Å²) in [6.07, 6.45) is 0. The lowest BCUT2D eigenvalue weighted by Gasteiger charge is -2.11. The van der Waals surface area contributed by atoms with Crippen molar-refractivity contribution in [3.8, 4) is 33.6 Å². The highest BCUT2D eigenvalue weighted by Gasteiger charge is 2.18. The third-order valence-corrected chi connectivity index (χ3v) is 8.93. The van der Waals surface area contributed by atoms with E-state index in [0.717, 1.165) is 11.4 Å². The Bertz CT molecular complexity index is 2460. The highest BCUT2D eigenvalue weighted by molar-refractivity contribution is 6.16. The zero-order chi connectivity index (χ0) is 29.0. The molecule has 9 aromatic rings. The second-order valence-electron chi connectivity index (χ2n) is 11.4. The van der Waals surface area contributed by atoms with Crippen molar-refractivity contribution in [1.29, 1.82) is 0 Å². The topological polar surface area (TPSA) is 9.86 Å². The summed E-state index contributed by atoms with van der Waals surface area (Å²) in [6, 6.07) is 61.4. The number of aromatic nitrogens is 2. The molecule has 0 aliphatic heterocycles. The summed E-state index contributed by atoms with van der Waals surface area (Å²) < 4.78 is 4.82. The molecule has 0 atom stereocenters. The summed E-state index contributed by atoms with van der Waals surface area (Å²) in [6.45, 7) is 0. The SMILES string of the molecule is c1ccc(-c2ccc(-n3c4ccccc4c4cc(-n5c6ccccc6c6c(-c7ccccc7)cccc65)ccc43)cc2)cc1. The van der Waals surface area contributed by atoms with Crippen molar-refractivity contribution in [3.05, 3.63) is 170 Å². The van der Waals surface area contributed by atoms with E-state index in [1.54, 1.807) is 0 Å². The van der Waals surface area contributed by atoms with Gasteiger partial charge in [0.2, 0.25) is 0 Å². The highest BCUT2D eigenvalue weighted by Crippen LogP contribution is 2.40. The Morgan fingerprint density at radius 3 is 1.57 bits per heavy atom. The van der Waals surface area contributed by atoms with Gasteiger partial charge in [0.15, 0.2) is 0 Å². The Hall–Kier alpha value is -5.86. The zero-order valence-corrected chi connectivity index (χ0v) is 24.1. The minimum atomic E-state index is 1.16. The average molecular weight is 561 g/mol. The minimum Gasteiger partial charge on any atom is -0.309 e. The summed E-state index contributed by atoms with van der Waals surface area (Å²) in [5.74, 6) is 0. The van der Waals surface area contributed by atoms with Gasteiger partial charge < -0.3 is 9.13 Å². The van der Waals surface area contributed by atoms with Gasteiger partial charge >= 0.3 is 0 Å². The van der Waals surface area contributed by atoms with Crippen LogP contribution in [0.3, 0.4) is 0 Å². The van der Waals surface area contributed by atoms with Gasteiger partial charge in [-0.15, -0.1) is 0 Å². The molecule has 2 heterocycles. The first kappa shape index (κ1) is 24.7. The molecule has 44 heavy (non-hydrogen) atoms. The van der Waals surface area contributed by atoms with E-state index in [0.29, 0.717) is 0 Å². The second kappa shape index (κ2) is 9.86. The molecule has 0 aliphatic rings. The predicted octanol–water partition coefficient (Wildman–Crippen LogP) is 11.2. The summed E-state index contributed by atoms with van der Waals surface area (Å²) in [4.78, 5) is 0. The van der Waals surface area contributed by atoms with Gasteiger partial charge in [-0.3, -0.25) is 0 Å². The number of rotatable bonds is 4. The van der Waals surface area contributed by atoms with Crippen molar-refractivity contribution in [2.24, 2.45) is 0 Å². The largest absolute Gasteiger partial charge is 0.309 e. The van der Waals surface area contributed by atoms with E-state index >= 15 is 0 Å². The first-order valence-corrected chi connectivity index (χ1v) is 15.1. The van der Waals surface area contributed by atoms with Crippen molar-refractivity contribution in [1.82, 2.24) is 9.13 Å². The third kappa shape index (κ3) is 3.75. The van der Waals surface area contributed by atoms with E-state index in [9.17, 15) is 0 Å². The highest BCUT2D eigenvalue weighted by atomic mass is 15.0. The predicted molar refractivity (Wildman–Crippen MR) is 186 cm³/mol. The molecule has 0 unspecified atom stereocenters. The lowest BCUT2D eigenvalue weighted by molar-refractivity contribution is 1.17. The van der Waals surface area contributed by atoms with Crippen molar-refractivity contribution in [2.45, 2.75) is 0 Å². The number of nitrogens with zero attached hydrogens (tertiary/aromatic N) is 2. The molecule has 7 aromatic carbocycles. The maximum Gasteiger partial charge on any atom is 0.0547 e. The van der Waals surface area contributed by atoms with Gasteiger partial charge in [0.05, 0.1) is 22.1 Å². The number of benzene rings is 7. The van der Waals surface area contributed by atoms with Crippen LogP contribution in [-0.4, -0.2) is 9.13 Å². The summed E-state index contributed by atoms with van der Waals surface area (Å²) >= 11 is 0. The van der Waals surface area contributed by atoms with Crippen molar-refractivity contribution < 1.29 is 0 Å². The summed E-state index contributed by atoms with van der Waals surface area (Å²) in [7, 11) is 0. The molecule has 0 bridgehead atoms. The first-order valence-electron chi connectivity index (χ1n) is 15.1. The van der Waals surface area contributed by atoms with E-state index in [-0.39, 0.29) is 0 Å². The maximum absolute atomic E-state index is 2.43. The quantitative estimate of drug-likeness (QED) is 0.203. The van der Waals surface area contributed by atoms with Crippen LogP contribution in [0, 0.1) is 0 Å². The zero-order valence-electron chi connectivity index (χ0n) is 24.1. The molecule has 206 valence electrons. The lowest BCUT2D eigenvalue weighted by atomic mass is 9.99.